The lowest BCUT2D eigenvalue weighted by molar-refractivity contribution is -0.141. The molecular formula is C18H38N2O5S. The van der Waals surface area contributed by atoms with Crippen molar-refractivity contribution in [2.75, 3.05) is 27.0 Å². The third-order valence-electron chi connectivity index (χ3n) is 2.56. The minimum Gasteiger partial charge on any atom is -0.469 e. The van der Waals surface area contributed by atoms with Gasteiger partial charge in [-0.1, -0.05) is 46.4 Å². The molecule has 8 heteroatoms. The molecule has 0 saturated carbocycles. The van der Waals surface area contributed by atoms with Gasteiger partial charge in [-0.3, -0.25) is 19.2 Å². The number of esters is 1. The third kappa shape index (κ3) is 24.8. The van der Waals surface area contributed by atoms with Crippen LogP contribution in [0.2, 0.25) is 0 Å². The van der Waals surface area contributed by atoms with E-state index in [2.05, 4.69) is 15.4 Å². The highest BCUT2D eigenvalue weighted by Gasteiger charge is 2.17. The van der Waals surface area contributed by atoms with Gasteiger partial charge in [0.15, 0.2) is 5.12 Å². The molecule has 0 aliphatic carbocycles. The summed E-state index contributed by atoms with van der Waals surface area (Å²) in [6, 6.07) is -0.488. The number of rotatable bonds is 8. The van der Waals surface area contributed by atoms with E-state index in [1.165, 1.54) is 25.8 Å². The molecule has 0 bridgehead atoms. The van der Waals surface area contributed by atoms with E-state index in [0.29, 0.717) is 12.8 Å². The van der Waals surface area contributed by atoms with Crippen LogP contribution in [-0.4, -0.2) is 55.8 Å². The fraction of sp³-hybridized carbons (Fsp3) is 0.778. The Bertz CT molecular complexity index is 371. The zero-order chi connectivity index (χ0) is 21.5. The number of methoxy groups -OCH3 is 1. The fourth-order valence-electron chi connectivity index (χ4n) is 1.25. The van der Waals surface area contributed by atoms with Gasteiger partial charge in [-0.15, -0.1) is 0 Å². The monoisotopic (exact) mass is 394 g/mol. The Kier molecular flexibility index (Phi) is 32.1. The molecule has 0 rings (SSSR count). The number of hydrogen-bond acceptors (Lipinski definition) is 7. The normalized spacial score (nSPS) is 9.58. The zero-order valence-electron chi connectivity index (χ0n) is 17.9. The number of nitrogens with one attached hydrogen (secondary N) is 2. The van der Waals surface area contributed by atoms with E-state index in [1.807, 2.05) is 34.6 Å². The molecule has 156 valence electrons. The van der Waals surface area contributed by atoms with Gasteiger partial charge in [-0.2, -0.15) is 0 Å². The van der Waals surface area contributed by atoms with Crippen LogP contribution in [-0.2, 0) is 23.9 Å². The molecule has 0 radical (unpaired) electrons. The van der Waals surface area contributed by atoms with Crippen LogP contribution >= 0.6 is 11.8 Å². The lowest BCUT2D eigenvalue weighted by Crippen LogP contribution is -2.44. The summed E-state index contributed by atoms with van der Waals surface area (Å²) < 4.78 is 4.47. The summed E-state index contributed by atoms with van der Waals surface area (Å²) in [5.74, 6) is -0.766. The van der Waals surface area contributed by atoms with E-state index in [-0.39, 0.29) is 35.7 Å². The molecule has 1 amide bonds. The van der Waals surface area contributed by atoms with E-state index < -0.39 is 6.04 Å². The highest BCUT2D eigenvalue weighted by molar-refractivity contribution is 8.13. The highest BCUT2D eigenvalue weighted by atomic mass is 32.2. The van der Waals surface area contributed by atoms with Crippen molar-refractivity contribution in [1.82, 2.24) is 10.6 Å². The van der Waals surface area contributed by atoms with Crippen LogP contribution in [0.1, 0.15) is 60.8 Å². The Morgan fingerprint density at radius 3 is 1.85 bits per heavy atom. The van der Waals surface area contributed by atoms with E-state index in [9.17, 15) is 19.2 Å². The first-order valence-electron chi connectivity index (χ1n) is 8.90. The van der Waals surface area contributed by atoms with Crippen molar-refractivity contribution >= 4 is 34.5 Å². The van der Waals surface area contributed by atoms with Gasteiger partial charge in [0.2, 0.25) is 5.91 Å². The van der Waals surface area contributed by atoms with Crippen LogP contribution in [0, 0.1) is 0 Å². The molecule has 7 nitrogen and oxygen atoms in total. The number of thioether (sulfide) groups is 1. The number of Topliss-reactive ketones (excluding diaryl/α,β-unsaturated/α-hetero) is 1. The molecule has 0 aromatic heterocycles. The number of ketones is 1. The molecule has 0 aliphatic heterocycles. The van der Waals surface area contributed by atoms with Crippen molar-refractivity contribution in [3.63, 3.8) is 0 Å². The van der Waals surface area contributed by atoms with Crippen molar-refractivity contribution in [2.45, 2.75) is 66.8 Å². The molecule has 1 unspecified atom stereocenters. The van der Waals surface area contributed by atoms with Crippen molar-refractivity contribution in [3.8, 4) is 0 Å². The number of ether oxygens (including phenoxy) is 1. The summed E-state index contributed by atoms with van der Waals surface area (Å²) >= 11 is 1.29. The molecule has 1 atom stereocenters. The van der Waals surface area contributed by atoms with Gasteiger partial charge in [0.25, 0.3) is 0 Å². The maximum Gasteiger partial charge on any atom is 0.305 e. The summed E-state index contributed by atoms with van der Waals surface area (Å²) in [5, 5.41) is 5.50. The van der Waals surface area contributed by atoms with E-state index in [0.717, 1.165) is 0 Å². The van der Waals surface area contributed by atoms with Crippen LogP contribution in [0.3, 0.4) is 0 Å². The van der Waals surface area contributed by atoms with Gasteiger partial charge >= 0.3 is 5.97 Å². The maximum absolute atomic E-state index is 11.5. The van der Waals surface area contributed by atoms with E-state index >= 15 is 0 Å². The molecule has 0 spiro atoms. The minimum atomic E-state index is -0.488. The Morgan fingerprint density at radius 1 is 1.08 bits per heavy atom. The SMILES string of the molecule is CC.CC.CCC(=O)SC.CNC(CCC(=O)OC)C(=O)NCC(C)=O. The third-order valence-corrected chi connectivity index (χ3v) is 3.30. The lowest BCUT2D eigenvalue weighted by atomic mass is 10.1. The number of amides is 1. The number of carbonyl (C=O) groups is 4. The minimum absolute atomic E-state index is 0.00916. The Hall–Kier alpha value is -1.41. The second-order valence-electron chi connectivity index (χ2n) is 4.31. The predicted octanol–water partition coefficient (Wildman–Crippen LogP) is 2.57. The molecule has 0 saturated heterocycles. The zero-order valence-corrected chi connectivity index (χ0v) is 18.7. The molecule has 0 fully saturated rings. The largest absolute Gasteiger partial charge is 0.469 e. The quantitative estimate of drug-likeness (QED) is 0.610. The average molecular weight is 395 g/mol. The Morgan fingerprint density at radius 2 is 1.58 bits per heavy atom. The first-order valence-corrected chi connectivity index (χ1v) is 10.1. The van der Waals surface area contributed by atoms with Gasteiger partial charge in [0.1, 0.15) is 5.78 Å². The van der Waals surface area contributed by atoms with Crippen molar-refractivity contribution in [2.24, 2.45) is 0 Å². The second kappa shape index (κ2) is 25.8. The summed E-state index contributed by atoms with van der Waals surface area (Å²) in [6.07, 6.45) is 2.95. The molecule has 2 N–H and O–H groups in total. The summed E-state index contributed by atoms with van der Waals surface area (Å²) in [7, 11) is 2.92. The predicted molar refractivity (Wildman–Crippen MR) is 109 cm³/mol. The highest BCUT2D eigenvalue weighted by Crippen LogP contribution is 1.98. The summed E-state index contributed by atoms with van der Waals surface area (Å²) in [4.78, 5) is 43.2. The smallest absolute Gasteiger partial charge is 0.305 e. The fourth-order valence-corrected chi connectivity index (χ4v) is 1.54. The molecule has 26 heavy (non-hydrogen) atoms. The summed E-state index contributed by atoms with van der Waals surface area (Å²) in [5.41, 5.74) is 0. The van der Waals surface area contributed by atoms with Gasteiger partial charge in [0.05, 0.1) is 19.7 Å². The molecule has 0 aromatic carbocycles. The van der Waals surface area contributed by atoms with Gasteiger partial charge < -0.3 is 15.4 Å². The standard InChI is InChI=1S/C10H18N2O4.C4H8OS.2C2H6/c1-7(13)6-12-10(15)8(11-2)4-5-9(14)16-3;1-3-4(5)6-2;2*1-2/h8,11H,4-6H2,1-3H3,(H,12,15);3H2,1-2H3;2*1-2H3. The van der Waals surface area contributed by atoms with Gasteiger partial charge in [-0.05, 0) is 26.6 Å². The molecule has 0 aliphatic rings. The first-order chi connectivity index (χ1) is 12.3. The Labute approximate surface area is 163 Å². The van der Waals surface area contributed by atoms with E-state index in [4.69, 9.17) is 0 Å². The van der Waals surface area contributed by atoms with Crippen molar-refractivity contribution in [1.29, 1.82) is 0 Å². The van der Waals surface area contributed by atoms with Crippen LogP contribution in [0.4, 0.5) is 0 Å². The van der Waals surface area contributed by atoms with Crippen LogP contribution in [0.5, 0.6) is 0 Å². The molecule has 0 heterocycles. The maximum atomic E-state index is 11.5. The van der Waals surface area contributed by atoms with Crippen LogP contribution in [0.15, 0.2) is 0 Å². The van der Waals surface area contributed by atoms with Crippen molar-refractivity contribution in [3.05, 3.63) is 0 Å². The Balaban J connectivity index is -0.000000202. The van der Waals surface area contributed by atoms with Gasteiger partial charge in [-0.25, -0.2) is 0 Å². The van der Waals surface area contributed by atoms with Gasteiger partial charge in [0, 0.05) is 12.8 Å². The van der Waals surface area contributed by atoms with E-state index in [1.54, 1.807) is 13.3 Å². The number of likely N-dealkylation sites (N-methyl/N-ethyl adjacent to an activating group) is 1. The summed E-state index contributed by atoms with van der Waals surface area (Å²) in [6.45, 7) is 11.3. The molecular weight excluding hydrogens is 356 g/mol. The average Bonchev–Trinajstić information content (AvgIpc) is 2.69. The topological polar surface area (TPSA) is 102 Å². The molecule has 0 aromatic rings. The van der Waals surface area contributed by atoms with Crippen molar-refractivity contribution < 1.29 is 23.9 Å². The number of hydrogen-bond donors (Lipinski definition) is 2. The first kappa shape index (κ1) is 32.3. The second-order valence-corrected chi connectivity index (χ2v) is 5.17. The number of carbonyl (C=O) groups excluding carboxylic acids is 4. The van der Waals surface area contributed by atoms with Crippen LogP contribution < -0.4 is 10.6 Å². The van der Waals surface area contributed by atoms with Crippen LogP contribution in [0.25, 0.3) is 0 Å². The lowest BCUT2D eigenvalue weighted by Gasteiger charge is -2.14.